The lowest BCUT2D eigenvalue weighted by Gasteiger charge is -2.20. The Bertz CT molecular complexity index is 473. The summed E-state index contributed by atoms with van der Waals surface area (Å²) >= 11 is 1.81. The molecule has 104 valence electrons. The number of aryl methyl sites for hydroxylation is 1. The summed E-state index contributed by atoms with van der Waals surface area (Å²) in [6, 6.07) is 0.403. The summed E-state index contributed by atoms with van der Waals surface area (Å²) in [7, 11) is 2.01. The molecule has 2 aliphatic rings. The number of carbonyl (C=O) groups is 1. The first-order valence-corrected chi connectivity index (χ1v) is 7.78. The molecular weight excluding hydrogens is 260 g/mol. The van der Waals surface area contributed by atoms with Crippen molar-refractivity contribution in [3.63, 3.8) is 0 Å². The van der Waals surface area contributed by atoms with Gasteiger partial charge in [0.15, 0.2) is 5.13 Å². The van der Waals surface area contributed by atoms with E-state index in [1.807, 2.05) is 18.4 Å². The number of nitrogens with zero attached hydrogens (tertiary/aromatic N) is 2. The lowest BCUT2D eigenvalue weighted by molar-refractivity contribution is -0.120. The van der Waals surface area contributed by atoms with Crippen LogP contribution in [0, 0.1) is 0 Å². The Morgan fingerprint density at radius 1 is 1.42 bits per heavy atom. The highest BCUT2D eigenvalue weighted by Gasteiger charge is 2.25. The summed E-state index contributed by atoms with van der Waals surface area (Å²) in [5.41, 5.74) is 1.23. The van der Waals surface area contributed by atoms with Gasteiger partial charge in [-0.25, -0.2) is 4.98 Å². The van der Waals surface area contributed by atoms with E-state index in [-0.39, 0.29) is 5.91 Å². The number of aromatic nitrogens is 1. The smallest absolute Gasteiger partial charge is 0.221 e. The normalized spacial score (nSPS) is 23.7. The number of amides is 1. The van der Waals surface area contributed by atoms with Gasteiger partial charge in [-0.05, 0) is 26.3 Å². The number of anilines is 1. The first-order chi connectivity index (χ1) is 9.28. The average Bonchev–Trinajstić information content (AvgIpc) is 2.74. The lowest BCUT2D eigenvalue weighted by atomic mass is 9.98. The van der Waals surface area contributed by atoms with Crippen LogP contribution in [0.5, 0.6) is 0 Å². The zero-order valence-corrected chi connectivity index (χ0v) is 12.1. The topological polar surface area (TPSA) is 57.3 Å². The van der Waals surface area contributed by atoms with Gasteiger partial charge in [-0.15, -0.1) is 11.3 Å². The van der Waals surface area contributed by atoms with Crippen LogP contribution >= 0.6 is 11.3 Å². The van der Waals surface area contributed by atoms with Gasteiger partial charge in [0.1, 0.15) is 0 Å². The lowest BCUT2D eigenvalue weighted by Crippen LogP contribution is -2.28. The summed E-state index contributed by atoms with van der Waals surface area (Å²) in [5, 5.41) is 7.35. The van der Waals surface area contributed by atoms with Gasteiger partial charge in [0.2, 0.25) is 5.91 Å². The van der Waals surface area contributed by atoms with E-state index in [0.717, 1.165) is 31.2 Å². The van der Waals surface area contributed by atoms with Crippen LogP contribution in [0.3, 0.4) is 0 Å². The molecular formula is C13H20N4OS. The van der Waals surface area contributed by atoms with E-state index < -0.39 is 0 Å². The number of fused-ring (bicyclic) bond motifs is 1. The molecule has 3 rings (SSSR count). The van der Waals surface area contributed by atoms with Crippen molar-refractivity contribution in [2.45, 2.75) is 31.7 Å². The second kappa shape index (κ2) is 5.46. The summed E-state index contributed by atoms with van der Waals surface area (Å²) in [5.74, 6) is 0.150. The highest BCUT2D eigenvalue weighted by Crippen LogP contribution is 2.36. The van der Waals surface area contributed by atoms with Gasteiger partial charge in [0.25, 0.3) is 0 Å². The first kappa shape index (κ1) is 12.9. The van der Waals surface area contributed by atoms with E-state index >= 15 is 0 Å². The maximum absolute atomic E-state index is 11.4. The molecule has 2 N–H and O–H groups in total. The maximum atomic E-state index is 11.4. The van der Waals surface area contributed by atoms with Crippen molar-refractivity contribution in [3.05, 3.63) is 10.6 Å². The van der Waals surface area contributed by atoms with E-state index in [2.05, 4.69) is 15.5 Å². The molecule has 19 heavy (non-hydrogen) atoms. The minimum absolute atomic E-state index is 0.150. The molecule has 6 heteroatoms. The predicted molar refractivity (Wildman–Crippen MR) is 76.7 cm³/mol. The fourth-order valence-corrected chi connectivity index (χ4v) is 4.00. The summed E-state index contributed by atoms with van der Waals surface area (Å²) in [6.45, 7) is 2.36. The fourth-order valence-electron chi connectivity index (χ4n) is 2.78. The molecule has 1 aromatic heterocycles. The number of thiazole rings is 1. The molecule has 5 nitrogen and oxygen atoms in total. The zero-order chi connectivity index (χ0) is 13.2. The first-order valence-electron chi connectivity index (χ1n) is 6.96. The van der Waals surface area contributed by atoms with Crippen molar-refractivity contribution < 1.29 is 4.79 Å². The van der Waals surface area contributed by atoms with E-state index in [9.17, 15) is 4.79 Å². The molecule has 1 atom stereocenters. The number of rotatable bonds is 2. The average molecular weight is 280 g/mol. The van der Waals surface area contributed by atoms with Crippen LogP contribution in [-0.4, -0.2) is 37.6 Å². The molecule has 0 saturated carbocycles. The molecule has 0 aromatic carbocycles. The Kier molecular flexibility index (Phi) is 3.70. The number of nitrogens with one attached hydrogen (secondary N) is 2. The Labute approximate surface area is 117 Å². The van der Waals surface area contributed by atoms with Crippen molar-refractivity contribution >= 4 is 22.4 Å². The van der Waals surface area contributed by atoms with Crippen molar-refractivity contribution in [2.24, 2.45) is 0 Å². The highest BCUT2D eigenvalue weighted by molar-refractivity contribution is 7.15. The van der Waals surface area contributed by atoms with Gasteiger partial charge in [-0.3, -0.25) is 4.79 Å². The SMILES string of the molecule is CNC1CCCc2sc(N3CCNC(=O)CC3)nc21. The van der Waals surface area contributed by atoms with Crippen LogP contribution in [0.25, 0.3) is 0 Å². The Morgan fingerprint density at radius 3 is 3.16 bits per heavy atom. The third-order valence-electron chi connectivity index (χ3n) is 3.87. The Hall–Kier alpha value is -1.14. The molecule has 1 saturated heterocycles. The van der Waals surface area contributed by atoms with E-state index in [4.69, 9.17) is 4.98 Å². The molecule has 0 radical (unpaired) electrons. The number of hydrogen-bond acceptors (Lipinski definition) is 5. The van der Waals surface area contributed by atoms with Crippen molar-refractivity contribution in [2.75, 3.05) is 31.6 Å². The van der Waals surface area contributed by atoms with Crippen molar-refractivity contribution in [1.29, 1.82) is 0 Å². The Balaban J connectivity index is 1.81. The van der Waals surface area contributed by atoms with E-state index in [1.165, 1.54) is 23.4 Å². The molecule has 0 spiro atoms. The second-order valence-corrected chi connectivity index (χ2v) is 6.19. The third-order valence-corrected chi connectivity index (χ3v) is 5.07. The van der Waals surface area contributed by atoms with Crippen molar-refractivity contribution in [1.82, 2.24) is 15.6 Å². The fraction of sp³-hybridized carbons (Fsp3) is 0.692. The predicted octanol–water partition coefficient (Wildman–Crippen LogP) is 1.07. The molecule has 1 aliphatic heterocycles. The van der Waals surface area contributed by atoms with Crippen LogP contribution in [0.1, 0.15) is 35.9 Å². The minimum atomic E-state index is 0.150. The van der Waals surface area contributed by atoms with E-state index in [0.29, 0.717) is 12.5 Å². The van der Waals surface area contributed by atoms with E-state index in [1.54, 1.807) is 0 Å². The van der Waals surface area contributed by atoms with Gasteiger partial charge >= 0.3 is 0 Å². The van der Waals surface area contributed by atoms with Gasteiger partial charge in [-0.1, -0.05) is 0 Å². The molecule has 2 heterocycles. The minimum Gasteiger partial charge on any atom is -0.354 e. The Morgan fingerprint density at radius 2 is 2.32 bits per heavy atom. The van der Waals surface area contributed by atoms with Crippen LogP contribution in [0.4, 0.5) is 5.13 Å². The quantitative estimate of drug-likeness (QED) is 0.851. The molecule has 1 fully saturated rings. The van der Waals surface area contributed by atoms with Gasteiger partial charge < -0.3 is 15.5 Å². The highest BCUT2D eigenvalue weighted by atomic mass is 32.1. The standard InChI is InChI=1S/C13H20N4OS/c1-14-9-3-2-4-10-12(9)16-13(19-10)17-7-5-11(18)15-6-8-17/h9,14H,2-8H2,1H3,(H,15,18). The monoisotopic (exact) mass is 280 g/mol. The number of hydrogen-bond donors (Lipinski definition) is 2. The molecule has 1 aromatic rings. The molecule has 0 bridgehead atoms. The zero-order valence-electron chi connectivity index (χ0n) is 11.2. The van der Waals surface area contributed by atoms with Crippen LogP contribution in [-0.2, 0) is 11.2 Å². The summed E-state index contributed by atoms with van der Waals surface area (Å²) < 4.78 is 0. The second-order valence-electron chi connectivity index (χ2n) is 5.13. The van der Waals surface area contributed by atoms with Crippen LogP contribution < -0.4 is 15.5 Å². The van der Waals surface area contributed by atoms with Crippen LogP contribution in [0.2, 0.25) is 0 Å². The van der Waals surface area contributed by atoms with Gasteiger partial charge in [0.05, 0.1) is 11.7 Å². The largest absolute Gasteiger partial charge is 0.354 e. The summed E-state index contributed by atoms with van der Waals surface area (Å²) in [4.78, 5) is 19.9. The van der Waals surface area contributed by atoms with Gasteiger partial charge in [0, 0.05) is 30.9 Å². The maximum Gasteiger partial charge on any atom is 0.221 e. The molecule has 1 aliphatic carbocycles. The van der Waals surface area contributed by atoms with Gasteiger partial charge in [-0.2, -0.15) is 0 Å². The molecule has 1 amide bonds. The number of carbonyl (C=O) groups excluding carboxylic acids is 1. The third kappa shape index (κ3) is 2.60. The summed E-state index contributed by atoms with van der Waals surface area (Å²) in [6.07, 6.45) is 4.13. The molecule has 1 unspecified atom stereocenters. The van der Waals surface area contributed by atoms with Crippen molar-refractivity contribution in [3.8, 4) is 0 Å². The van der Waals surface area contributed by atoms with Crippen LogP contribution in [0.15, 0.2) is 0 Å².